The first-order valence-corrected chi connectivity index (χ1v) is 11.8. The molecule has 0 saturated carbocycles. The van der Waals surface area contributed by atoms with Crippen molar-refractivity contribution in [3.8, 4) is 11.3 Å². The molecule has 5 aromatic rings. The Morgan fingerprint density at radius 2 is 1.86 bits per heavy atom. The first-order chi connectivity index (χ1) is 17.2. The molecule has 1 aliphatic rings. The Kier molecular flexibility index (Phi) is 8.35. The quantitative estimate of drug-likeness (QED) is 0.156. The Morgan fingerprint density at radius 1 is 0.944 bits per heavy atom. The summed E-state index contributed by atoms with van der Waals surface area (Å²) < 4.78 is 9.93. The number of aryl methyl sites for hydroxylation is 1. The van der Waals surface area contributed by atoms with Crippen LogP contribution in [0.4, 0.5) is 5.69 Å². The van der Waals surface area contributed by atoms with Crippen molar-refractivity contribution in [3.63, 3.8) is 0 Å². The fourth-order valence-corrected chi connectivity index (χ4v) is 3.85. The van der Waals surface area contributed by atoms with Gasteiger partial charge in [0.25, 0.3) is 6.20 Å². The van der Waals surface area contributed by atoms with Crippen molar-refractivity contribution in [2.24, 2.45) is 0 Å². The van der Waals surface area contributed by atoms with Crippen molar-refractivity contribution in [1.82, 2.24) is 9.97 Å². The second kappa shape index (κ2) is 11.8. The van der Waals surface area contributed by atoms with Gasteiger partial charge in [0.05, 0.1) is 5.58 Å². The van der Waals surface area contributed by atoms with Gasteiger partial charge in [-0.25, -0.2) is 4.98 Å². The van der Waals surface area contributed by atoms with Crippen molar-refractivity contribution in [2.75, 3.05) is 6.54 Å². The Hall–Kier alpha value is -3.69. The van der Waals surface area contributed by atoms with E-state index in [9.17, 15) is 0 Å². The molecule has 3 aromatic heterocycles. The molecule has 6 heteroatoms. The summed E-state index contributed by atoms with van der Waals surface area (Å²) in [6.07, 6.45) is 9.95. The van der Waals surface area contributed by atoms with Crippen LogP contribution < -0.4 is 0 Å². The molecule has 181 valence electrons. The van der Waals surface area contributed by atoms with Crippen molar-refractivity contribution in [1.29, 1.82) is 0 Å². The van der Waals surface area contributed by atoms with Crippen LogP contribution in [0.15, 0.2) is 89.9 Å². The van der Waals surface area contributed by atoms with Crippen LogP contribution >= 0.6 is 0 Å². The number of pyridine rings is 2. The van der Waals surface area contributed by atoms with Crippen LogP contribution in [0.5, 0.6) is 0 Å². The van der Waals surface area contributed by atoms with Gasteiger partial charge in [-0.2, -0.15) is 12.1 Å². The number of furan rings is 1. The molecule has 2 aromatic carbocycles. The molecule has 4 heterocycles. The fourth-order valence-electron chi connectivity index (χ4n) is 3.85. The van der Waals surface area contributed by atoms with E-state index in [2.05, 4.69) is 45.7 Å². The summed E-state index contributed by atoms with van der Waals surface area (Å²) in [6.45, 7) is 5.19. The first-order valence-electron chi connectivity index (χ1n) is 11.8. The maximum atomic E-state index is 5.94. The van der Waals surface area contributed by atoms with Gasteiger partial charge in [-0.15, -0.1) is 42.0 Å². The van der Waals surface area contributed by atoms with E-state index in [0.29, 0.717) is 5.71 Å². The zero-order valence-corrected chi connectivity index (χ0v) is 22.6. The molecule has 6 rings (SSSR count). The molecule has 1 aliphatic heterocycles. The third-order valence-corrected chi connectivity index (χ3v) is 5.71. The van der Waals surface area contributed by atoms with Crippen LogP contribution in [0.2, 0.25) is 0 Å². The molecule has 5 nitrogen and oxygen atoms in total. The second-order valence-electron chi connectivity index (χ2n) is 8.34. The van der Waals surface area contributed by atoms with Crippen LogP contribution in [0, 0.1) is 19.1 Å². The van der Waals surface area contributed by atoms with E-state index in [1.54, 1.807) is 6.20 Å². The number of hydrogen-bond donors (Lipinski definition) is 0. The topological polar surface area (TPSA) is 44.9 Å². The standard InChI is InChI=1S/C18H16N3O.C12H10N.Ir/c1-2-3-10-20-11-12-21(13-20)16-8-4-6-14-15-7-5-9-19-18(15)22-17(14)16;1-10-7-8-12(13-9-10)11-5-3-2-4-6-11;/h4-7,9,11-12H,2-3,10H2,1H3;2-5,7-9H,1H3;/q+1;-1;. The van der Waals surface area contributed by atoms with Gasteiger partial charge in [-0.1, -0.05) is 40.0 Å². The smallest absolute Gasteiger partial charge is 0.493 e. The number of hydrogen-bond acceptors (Lipinski definition) is 3. The van der Waals surface area contributed by atoms with E-state index in [1.807, 2.05) is 84.7 Å². The van der Waals surface area contributed by atoms with Gasteiger partial charge in [0.2, 0.25) is 11.9 Å². The van der Waals surface area contributed by atoms with Gasteiger partial charge in [0.15, 0.2) is 12.2 Å². The minimum atomic E-state index is 0. The molecule has 0 unspecified atom stereocenters. The number of nitrogens with zero attached hydrogens (tertiary/aromatic N) is 4. The number of benzene rings is 2. The molecule has 0 aliphatic carbocycles. The van der Waals surface area contributed by atoms with E-state index >= 15 is 0 Å². The van der Waals surface area contributed by atoms with Crippen LogP contribution in [-0.4, -0.2) is 31.7 Å². The van der Waals surface area contributed by atoms with E-state index in [-0.39, 0.29) is 20.1 Å². The van der Waals surface area contributed by atoms with Gasteiger partial charge >= 0.3 is 6.01 Å². The normalized spacial score (nSPS) is 12.1. The molecule has 0 saturated heterocycles. The fraction of sp³-hybridized carbons (Fsp3) is 0.167. The van der Waals surface area contributed by atoms with Gasteiger partial charge in [0, 0.05) is 44.3 Å². The second-order valence-corrected chi connectivity index (χ2v) is 8.34. The molecule has 0 bridgehead atoms. The van der Waals surface area contributed by atoms with Crippen LogP contribution in [0.25, 0.3) is 33.3 Å². The van der Waals surface area contributed by atoms with E-state index < -0.39 is 0 Å². The van der Waals surface area contributed by atoms with Crippen molar-refractivity contribution >= 4 is 33.8 Å². The molecule has 0 fully saturated rings. The summed E-state index contributed by atoms with van der Waals surface area (Å²) >= 11 is 0. The molecular formula is C30H26IrN4O. The molecule has 0 amide bonds. The van der Waals surface area contributed by atoms with Crippen LogP contribution in [-0.2, 0) is 20.1 Å². The largest absolute Gasteiger partial charge is 0.495 e. The molecule has 36 heavy (non-hydrogen) atoms. The Labute approximate surface area is 224 Å². The Balaban J connectivity index is 0.000000187. The van der Waals surface area contributed by atoms with Crippen molar-refractivity contribution in [2.45, 2.75) is 26.7 Å². The first kappa shape index (κ1) is 25.4. The molecule has 1 radical (unpaired) electrons. The summed E-state index contributed by atoms with van der Waals surface area (Å²) in [4.78, 5) is 8.61. The Bertz CT molecular complexity index is 1560. The maximum absolute atomic E-state index is 5.94. The third kappa shape index (κ3) is 5.58. The minimum Gasteiger partial charge on any atom is -0.495 e. The zero-order valence-electron chi connectivity index (χ0n) is 20.2. The van der Waals surface area contributed by atoms with Gasteiger partial charge in [0.1, 0.15) is 0 Å². The predicted octanol–water partition coefficient (Wildman–Crippen LogP) is 6.75. The number of aromatic nitrogens is 2. The molecule has 0 atom stereocenters. The number of unbranched alkanes of at least 4 members (excludes halogenated alkanes) is 1. The van der Waals surface area contributed by atoms with Crippen LogP contribution in [0.1, 0.15) is 25.3 Å². The summed E-state index contributed by atoms with van der Waals surface area (Å²) in [5, 5.41) is 2.08. The predicted molar refractivity (Wildman–Crippen MR) is 138 cm³/mol. The number of rotatable bonds is 5. The van der Waals surface area contributed by atoms with Gasteiger partial charge < -0.3 is 9.40 Å². The van der Waals surface area contributed by atoms with Crippen molar-refractivity contribution < 1.29 is 33.7 Å². The molecule has 0 N–H and O–H groups in total. The summed E-state index contributed by atoms with van der Waals surface area (Å²) in [5.74, 6) is 0. The van der Waals surface area contributed by atoms with E-state index in [1.165, 1.54) is 12.0 Å². The third-order valence-electron chi connectivity index (χ3n) is 5.71. The Morgan fingerprint density at radius 3 is 2.64 bits per heavy atom. The SMILES string of the molecule is CCCC[N+]1=C=[N+](c2[c-]ccc3c2oc2ncccc23)C=C1.Cc1ccc(-c2[c-]cccc2)nc1.[Ir]. The molecular weight excluding hydrogens is 625 g/mol. The van der Waals surface area contributed by atoms with Crippen molar-refractivity contribution in [3.05, 3.63) is 103 Å². The average Bonchev–Trinajstić information content (AvgIpc) is 3.53. The minimum absolute atomic E-state index is 0. The van der Waals surface area contributed by atoms with Gasteiger partial charge in [-0.05, 0) is 30.3 Å². The summed E-state index contributed by atoms with van der Waals surface area (Å²) in [5.41, 5.74) is 5.52. The van der Waals surface area contributed by atoms with Gasteiger partial charge in [-0.3, -0.25) is 0 Å². The van der Waals surface area contributed by atoms with Crippen LogP contribution in [0.3, 0.4) is 0 Å². The maximum Gasteiger partial charge on any atom is 0.493 e. The monoisotopic (exact) mass is 651 g/mol. The van der Waals surface area contributed by atoms with E-state index in [0.717, 1.165) is 46.3 Å². The average molecular weight is 651 g/mol. The summed E-state index contributed by atoms with van der Waals surface area (Å²) in [7, 11) is 0. The molecule has 0 spiro atoms. The number of fused-ring (bicyclic) bond motifs is 3. The zero-order chi connectivity index (χ0) is 24.0. The summed E-state index contributed by atoms with van der Waals surface area (Å²) in [6, 6.07) is 29.5. The van der Waals surface area contributed by atoms with E-state index in [4.69, 9.17) is 4.42 Å².